The average Bonchev–Trinajstić information content (AvgIpc) is 3.21. The minimum atomic E-state index is -3.78. The number of fused-ring (bicyclic) bond motifs is 5. The van der Waals surface area contributed by atoms with E-state index in [1.165, 1.54) is 0 Å². The first kappa shape index (κ1) is 27.6. The summed E-state index contributed by atoms with van der Waals surface area (Å²) in [6, 6.07) is 6.85. The normalized spacial score (nSPS) is 44.5. The van der Waals surface area contributed by atoms with Gasteiger partial charge in [-0.25, -0.2) is 0 Å². The van der Waals surface area contributed by atoms with Crippen molar-refractivity contribution in [3.05, 3.63) is 29.8 Å². The van der Waals surface area contributed by atoms with Gasteiger partial charge in [0.1, 0.15) is 0 Å². The van der Waals surface area contributed by atoms with Crippen LogP contribution in [0.2, 0.25) is 0 Å². The lowest BCUT2D eigenvalue weighted by atomic mass is 9.41. The number of aliphatic hydroxyl groups is 2. The molecule has 208 valence electrons. The van der Waals surface area contributed by atoms with Gasteiger partial charge >= 0.3 is 0 Å². The molecule has 11 atom stereocenters. The van der Waals surface area contributed by atoms with Crippen molar-refractivity contribution in [1.82, 2.24) is 0 Å². The molecule has 4 fully saturated rings. The van der Waals surface area contributed by atoms with Crippen molar-refractivity contribution in [2.24, 2.45) is 52.3 Å². The zero-order valence-corrected chi connectivity index (χ0v) is 24.2. The van der Waals surface area contributed by atoms with Crippen LogP contribution < -0.4 is 0 Å². The number of aliphatic hydroxyl groups excluding tert-OH is 2. The molecule has 5 rings (SSSR count). The highest BCUT2D eigenvalue weighted by atomic mass is 32.2. The molecular weight excluding hydrogens is 484 g/mol. The third-order valence-electron chi connectivity index (χ3n) is 11.9. The van der Waals surface area contributed by atoms with E-state index in [2.05, 4.69) is 27.7 Å². The third-order valence-corrected chi connectivity index (χ3v) is 13.2. The molecule has 0 heterocycles. The average molecular weight is 533 g/mol. The molecule has 4 saturated carbocycles. The predicted octanol–water partition coefficient (Wildman–Crippen LogP) is 5.96. The summed E-state index contributed by atoms with van der Waals surface area (Å²) in [5, 5.41) is 22.4. The van der Waals surface area contributed by atoms with Crippen molar-refractivity contribution in [1.29, 1.82) is 0 Å². The van der Waals surface area contributed by atoms with Gasteiger partial charge in [0.05, 0.1) is 23.7 Å². The van der Waals surface area contributed by atoms with E-state index in [1.807, 2.05) is 6.92 Å². The monoisotopic (exact) mass is 532 g/mol. The second-order valence-corrected chi connectivity index (χ2v) is 15.3. The van der Waals surface area contributed by atoms with E-state index >= 15 is 0 Å². The number of hydrogen-bond acceptors (Lipinski definition) is 5. The van der Waals surface area contributed by atoms with E-state index in [9.17, 15) is 18.6 Å². The molecule has 0 bridgehead atoms. The van der Waals surface area contributed by atoms with Crippen molar-refractivity contribution in [2.45, 2.75) is 103 Å². The van der Waals surface area contributed by atoms with Gasteiger partial charge in [-0.3, -0.25) is 4.18 Å². The van der Waals surface area contributed by atoms with Crippen LogP contribution in [0.15, 0.2) is 29.2 Å². The molecule has 1 aromatic carbocycles. The van der Waals surface area contributed by atoms with E-state index in [4.69, 9.17) is 4.18 Å². The van der Waals surface area contributed by atoms with Crippen LogP contribution in [0.5, 0.6) is 0 Å². The highest BCUT2D eigenvalue weighted by molar-refractivity contribution is 7.86. The van der Waals surface area contributed by atoms with Crippen LogP contribution in [0.4, 0.5) is 0 Å². The summed E-state index contributed by atoms with van der Waals surface area (Å²) in [6.07, 6.45) is 7.65. The van der Waals surface area contributed by atoms with Gasteiger partial charge in [0.15, 0.2) is 0 Å². The molecule has 0 aliphatic heterocycles. The fourth-order valence-electron chi connectivity index (χ4n) is 10.0. The Balaban J connectivity index is 1.34. The summed E-state index contributed by atoms with van der Waals surface area (Å²) >= 11 is 0. The first-order chi connectivity index (χ1) is 17.4. The lowest BCUT2D eigenvalue weighted by molar-refractivity contribution is -0.203. The topological polar surface area (TPSA) is 83.8 Å². The van der Waals surface area contributed by atoms with Crippen LogP contribution in [-0.2, 0) is 14.3 Å². The van der Waals surface area contributed by atoms with Crippen molar-refractivity contribution in [2.75, 3.05) is 6.61 Å². The van der Waals surface area contributed by atoms with Crippen molar-refractivity contribution in [3.8, 4) is 0 Å². The molecule has 0 amide bonds. The largest absolute Gasteiger partial charge is 0.393 e. The maximum atomic E-state index is 12.8. The number of rotatable bonds is 6. The Bertz CT molecular complexity index is 1070. The molecule has 4 aliphatic carbocycles. The molecule has 0 spiro atoms. The molecule has 1 aromatic rings. The summed E-state index contributed by atoms with van der Waals surface area (Å²) in [5.74, 6) is 2.44. The van der Waals surface area contributed by atoms with Gasteiger partial charge in [0.2, 0.25) is 0 Å². The summed E-state index contributed by atoms with van der Waals surface area (Å²) in [5.41, 5.74) is 1.31. The Labute approximate surface area is 224 Å². The van der Waals surface area contributed by atoms with Crippen LogP contribution in [-0.4, -0.2) is 37.4 Å². The maximum absolute atomic E-state index is 12.8. The molecule has 4 aliphatic rings. The van der Waals surface area contributed by atoms with Gasteiger partial charge in [-0.2, -0.15) is 8.42 Å². The minimum Gasteiger partial charge on any atom is -0.393 e. The Hall–Kier alpha value is -0.950. The van der Waals surface area contributed by atoms with Gasteiger partial charge in [0, 0.05) is 0 Å². The van der Waals surface area contributed by atoms with Crippen molar-refractivity contribution >= 4 is 10.1 Å². The van der Waals surface area contributed by atoms with E-state index in [0.717, 1.165) is 56.9 Å². The molecule has 0 radical (unpaired) electrons. The van der Waals surface area contributed by atoms with E-state index in [-0.39, 0.29) is 46.4 Å². The van der Waals surface area contributed by atoms with Gasteiger partial charge in [0.25, 0.3) is 10.1 Å². The number of aryl methyl sites for hydroxylation is 1. The first-order valence-corrected chi connectivity index (χ1v) is 16.2. The second-order valence-electron chi connectivity index (χ2n) is 13.7. The van der Waals surface area contributed by atoms with Crippen LogP contribution in [0.25, 0.3) is 0 Å². The summed E-state index contributed by atoms with van der Waals surface area (Å²) in [4.78, 5) is 0.220. The Kier molecular flexibility index (Phi) is 7.39. The fourth-order valence-corrected chi connectivity index (χ4v) is 11.0. The molecule has 2 N–H and O–H groups in total. The molecule has 0 aromatic heterocycles. The van der Waals surface area contributed by atoms with Crippen LogP contribution >= 0.6 is 0 Å². The molecule has 2 unspecified atom stereocenters. The third kappa shape index (κ3) is 4.52. The summed E-state index contributed by atoms with van der Waals surface area (Å²) in [7, 11) is -3.78. The van der Waals surface area contributed by atoms with Crippen LogP contribution in [0.1, 0.15) is 84.6 Å². The number of hydrogen-bond donors (Lipinski definition) is 2. The lowest BCUT2D eigenvalue weighted by Crippen LogP contribution is -2.62. The Morgan fingerprint density at radius 1 is 0.973 bits per heavy atom. The smallest absolute Gasteiger partial charge is 0.296 e. The summed E-state index contributed by atoms with van der Waals surface area (Å²) < 4.78 is 31.3. The fraction of sp³-hybridized carbons (Fsp3) is 0.806. The predicted molar refractivity (Wildman–Crippen MR) is 145 cm³/mol. The first-order valence-electron chi connectivity index (χ1n) is 14.7. The molecule has 37 heavy (non-hydrogen) atoms. The van der Waals surface area contributed by atoms with E-state index in [0.29, 0.717) is 29.6 Å². The van der Waals surface area contributed by atoms with E-state index < -0.39 is 10.1 Å². The molecule has 0 saturated heterocycles. The Morgan fingerprint density at radius 2 is 1.62 bits per heavy atom. The van der Waals surface area contributed by atoms with Crippen LogP contribution in [0, 0.1) is 59.2 Å². The number of benzene rings is 1. The minimum absolute atomic E-state index is 0.0915. The van der Waals surface area contributed by atoms with Gasteiger partial charge in [-0.05, 0) is 116 Å². The zero-order chi connectivity index (χ0) is 26.8. The van der Waals surface area contributed by atoms with Crippen molar-refractivity contribution < 1.29 is 22.8 Å². The molecule has 5 nitrogen and oxygen atoms in total. The molecule has 6 heteroatoms. The molecular formula is C31H48O5S. The van der Waals surface area contributed by atoms with Gasteiger partial charge in [-0.1, -0.05) is 51.8 Å². The quantitative estimate of drug-likeness (QED) is 0.442. The summed E-state index contributed by atoms with van der Waals surface area (Å²) in [6.45, 7) is 11.4. The second kappa shape index (κ2) is 9.91. The highest BCUT2D eigenvalue weighted by Gasteiger charge is 2.64. The van der Waals surface area contributed by atoms with Gasteiger partial charge in [-0.15, -0.1) is 0 Å². The zero-order valence-electron chi connectivity index (χ0n) is 23.4. The highest BCUT2D eigenvalue weighted by Crippen LogP contribution is 2.69. The Morgan fingerprint density at radius 3 is 2.30 bits per heavy atom. The van der Waals surface area contributed by atoms with Crippen LogP contribution in [0.3, 0.4) is 0 Å². The van der Waals surface area contributed by atoms with Gasteiger partial charge < -0.3 is 10.2 Å². The standard InChI is InChI=1S/C31H48O5S/c1-6-23-27-17-21(32)13-15-31(27,5)26-14-16-30(4)24(11-12-25(30)28(26)29(23)33)20(3)18-36-37(34,35)22-9-7-19(2)8-10-22/h7-10,20-21,23-29,32-33H,6,11-18H2,1-5H3/t20-,21?,23-,24-,25+,26+,27+,28+,29?,30-,31-/m1/s1. The SMILES string of the molecule is CC[C@H]1C(O)[C@@H]2[C@H](CC[C@]3(C)[C@@H]([C@H](C)COS(=O)(=O)c4ccc(C)cc4)CC[C@@H]23)[C@@]2(C)CCC(O)C[C@@H]12. The lowest BCUT2D eigenvalue weighted by Gasteiger charge is -2.64. The van der Waals surface area contributed by atoms with Crippen molar-refractivity contribution in [3.63, 3.8) is 0 Å². The van der Waals surface area contributed by atoms with E-state index in [1.54, 1.807) is 24.3 Å². The maximum Gasteiger partial charge on any atom is 0.296 e.